The average Bonchev–Trinajstić information content (AvgIpc) is 3.96. The Bertz CT molecular complexity index is 2590. The van der Waals surface area contributed by atoms with Gasteiger partial charge in [0, 0.05) is 67.1 Å². The minimum Gasteiger partial charge on any atom is -0.444 e. The zero-order chi connectivity index (χ0) is 49.5. The van der Waals surface area contributed by atoms with Gasteiger partial charge in [-0.15, -0.1) is 0 Å². The first kappa shape index (κ1) is 51.0. The van der Waals surface area contributed by atoms with E-state index in [0.717, 1.165) is 60.3 Å². The van der Waals surface area contributed by atoms with Crippen molar-refractivity contribution in [1.29, 1.82) is 0 Å². The van der Waals surface area contributed by atoms with Crippen LogP contribution in [-0.4, -0.2) is 78.8 Å². The Hall–Kier alpha value is -5.91. The number of hydrogen-bond donors (Lipinski definition) is 6. The molecule has 2 heterocycles. The second-order valence-electron chi connectivity index (χ2n) is 19.3. The Labute approximate surface area is 401 Å². The maximum atomic E-state index is 13.8. The van der Waals surface area contributed by atoms with E-state index in [4.69, 9.17) is 10.5 Å². The first-order valence-corrected chi connectivity index (χ1v) is 23.6. The van der Waals surface area contributed by atoms with E-state index in [0.29, 0.717) is 29.5 Å². The summed E-state index contributed by atoms with van der Waals surface area (Å²) in [6, 6.07) is 25.2. The number of alkyl carbamates (subject to hydrolysis) is 1. The lowest BCUT2D eigenvalue weighted by Crippen LogP contribution is -2.51. The molecule has 2 fully saturated rings. The van der Waals surface area contributed by atoms with E-state index >= 15 is 0 Å². The average molecular weight is 953 g/mol. The summed E-state index contributed by atoms with van der Waals surface area (Å²) in [5, 5.41) is 40.3. The Balaban J connectivity index is 0.000000208. The number of nitrogens with two attached hydrogens (primary N) is 1. The van der Waals surface area contributed by atoms with Crippen LogP contribution in [0.1, 0.15) is 82.6 Å². The fourth-order valence-electron chi connectivity index (χ4n) is 9.41. The smallest absolute Gasteiger partial charge is 0.407 e. The molecule has 8 atom stereocenters. The first-order chi connectivity index (χ1) is 32.9. The van der Waals surface area contributed by atoms with Crippen molar-refractivity contribution in [3.63, 3.8) is 0 Å². The standard InChI is InChI=1S/C29H36F2N4O3.C24H28F2N4O/c1-5-20-17-29(20,21-8-6-9-24(15-21)35-11-7-10-33-35)32-18-26(36)25(34-27(37)38-28(2,3)4)14-19-12-22(30)16-23(31)13-19;1-2-17-14-24(17,18-5-3-6-21(12-18)30-8-4-7-29-30)28-15-23(31)22(27)11-16-9-19(25)13-20(26)10-16/h6-13,15-16,20,25-26,32,36H,5,14,17-18H2,1-4H3,(H,34,37);3-10,12-13,17,22-23,28,31H,2,11,14-15,27H2,1H3. The van der Waals surface area contributed by atoms with E-state index in [9.17, 15) is 32.6 Å². The molecule has 0 radical (unpaired) electrons. The minimum atomic E-state index is -1.06. The van der Waals surface area contributed by atoms with Crippen molar-refractivity contribution in [2.45, 2.75) is 114 Å². The van der Waals surface area contributed by atoms with Crippen LogP contribution in [0.2, 0.25) is 0 Å². The maximum absolute atomic E-state index is 13.8. The zero-order valence-electron chi connectivity index (χ0n) is 39.8. The second-order valence-corrected chi connectivity index (χ2v) is 19.3. The summed E-state index contributed by atoms with van der Waals surface area (Å²) in [6.07, 6.45) is 8.71. The fourth-order valence-corrected chi connectivity index (χ4v) is 9.41. The molecule has 2 aliphatic carbocycles. The van der Waals surface area contributed by atoms with Gasteiger partial charge in [0.05, 0.1) is 29.6 Å². The quantitative estimate of drug-likeness (QED) is 0.0440. The molecular formula is C53H64F4N8O4. The van der Waals surface area contributed by atoms with Gasteiger partial charge in [-0.3, -0.25) is 0 Å². The third kappa shape index (κ3) is 13.0. The van der Waals surface area contributed by atoms with Crippen LogP contribution in [0, 0.1) is 35.1 Å². The molecule has 8 rings (SSSR count). The topological polar surface area (TPSA) is 165 Å². The van der Waals surface area contributed by atoms with E-state index in [1.165, 1.54) is 24.3 Å². The Kier molecular flexibility index (Phi) is 16.1. The number of halogens is 4. The molecule has 12 nitrogen and oxygen atoms in total. The molecule has 0 spiro atoms. The highest BCUT2D eigenvalue weighted by atomic mass is 19.1. The molecule has 2 aliphatic rings. The number of benzene rings is 4. The maximum Gasteiger partial charge on any atom is 0.407 e. The third-order valence-electron chi connectivity index (χ3n) is 13.1. The number of carbonyl (C=O) groups excluding carboxylic acids is 1. The van der Waals surface area contributed by atoms with Crippen LogP contribution in [0.25, 0.3) is 11.4 Å². The highest BCUT2D eigenvalue weighted by molar-refractivity contribution is 5.68. The molecule has 8 unspecified atom stereocenters. The molecule has 4 aromatic carbocycles. The second kappa shape index (κ2) is 21.8. The number of aliphatic hydroxyl groups excluding tert-OH is 2. The summed E-state index contributed by atoms with van der Waals surface area (Å²) in [6.45, 7) is 9.95. The normalized spacial score (nSPS) is 21.3. The van der Waals surface area contributed by atoms with Gasteiger partial charge in [-0.05, 0) is 141 Å². The van der Waals surface area contributed by atoms with Crippen molar-refractivity contribution in [1.82, 2.24) is 35.5 Å². The van der Waals surface area contributed by atoms with E-state index in [2.05, 4.69) is 64.3 Å². The zero-order valence-corrected chi connectivity index (χ0v) is 39.8. The predicted octanol–water partition coefficient (Wildman–Crippen LogP) is 8.16. The van der Waals surface area contributed by atoms with Crippen LogP contribution in [0.15, 0.2) is 122 Å². The minimum absolute atomic E-state index is 0.0236. The lowest BCUT2D eigenvalue weighted by Gasteiger charge is -2.29. The van der Waals surface area contributed by atoms with Gasteiger partial charge >= 0.3 is 6.09 Å². The highest BCUT2D eigenvalue weighted by Gasteiger charge is 2.55. The molecule has 1 amide bonds. The largest absolute Gasteiger partial charge is 0.444 e. The number of rotatable bonds is 19. The van der Waals surface area contributed by atoms with Crippen LogP contribution < -0.4 is 21.7 Å². The van der Waals surface area contributed by atoms with Gasteiger partial charge in [0.1, 0.15) is 28.9 Å². The van der Waals surface area contributed by atoms with Crippen molar-refractivity contribution in [2.75, 3.05) is 13.1 Å². The number of aliphatic hydroxyl groups is 2. The van der Waals surface area contributed by atoms with Crippen LogP contribution in [-0.2, 0) is 28.7 Å². The Morgan fingerprint density at radius 1 is 0.710 bits per heavy atom. The van der Waals surface area contributed by atoms with Crippen molar-refractivity contribution < 1.29 is 37.3 Å². The van der Waals surface area contributed by atoms with Crippen LogP contribution >= 0.6 is 0 Å². The van der Waals surface area contributed by atoms with Crippen molar-refractivity contribution in [2.24, 2.45) is 17.6 Å². The fraction of sp³-hybridized carbons (Fsp3) is 0.415. The van der Waals surface area contributed by atoms with Gasteiger partial charge in [0.15, 0.2) is 0 Å². The Morgan fingerprint density at radius 3 is 1.57 bits per heavy atom. The molecule has 6 aromatic rings. The predicted molar refractivity (Wildman–Crippen MR) is 257 cm³/mol. The summed E-state index contributed by atoms with van der Waals surface area (Å²) in [5.74, 6) is -1.89. The monoisotopic (exact) mass is 952 g/mol. The molecule has 0 aliphatic heterocycles. The summed E-state index contributed by atoms with van der Waals surface area (Å²) < 4.78 is 63.6. The van der Waals surface area contributed by atoms with Gasteiger partial charge in [-0.1, -0.05) is 51.0 Å². The summed E-state index contributed by atoms with van der Waals surface area (Å²) in [4.78, 5) is 12.6. The summed E-state index contributed by atoms with van der Waals surface area (Å²) in [7, 11) is 0. The Morgan fingerprint density at radius 2 is 1.16 bits per heavy atom. The molecule has 0 saturated heterocycles. The molecule has 2 aromatic heterocycles. The van der Waals surface area contributed by atoms with E-state index in [1.807, 2.05) is 53.5 Å². The van der Waals surface area contributed by atoms with Crippen molar-refractivity contribution in [3.05, 3.63) is 167 Å². The molecular weight excluding hydrogens is 889 g/mol. The van der Waals surface area contributed by atoms with E-state index < -0.39 is 59.3 Å². The van der Waals surface area contributed by atoms with Crippen molar-refractivity contribution >= 4 is 6.09 Å². The molecule has 7 N–H and O–H groups in total. The SMILES string of the molecule is CCC1CC1(NCC(O)C(Cc1cc(F)cc(F)c1)NC(=O)OC(C)(C)C)c1cccc(-n2cccn2)c1.CCC1CC1(NCC(O)C(N)Cc1cc(F)cc(F)c1)c1cccc(-n2cccn2)c1. The molecule has 2 saturated carbocycles. The molecule has 69 heavy (non-hydrogen) atoms. The number of carbonyl (C=O) groups is 1. The number of amides is 1. The summed E-state index contributed by atoms with van der Waals surface area (Å²) in [5.41, 5.74) is 9.77. The lowest BCUT2D eigenvalue weighted by molar-refractivity contribution is 0.0418. The number of nitrogens with zero attached hydrogens (tertiary/aromatic N) is 4. The van der Waals surface area contributed by atoms with Gasteiger partial charge in [-0.25, -0.2) is 31.7 Å². The van der Waals surface area contributed by atoms with Gasteiger partial charge in [0.25, 0.3) is 0 Å². The van der Waals surface area contributed by atoms with Crippen LogP contribution in [0.3, 0.4) is 0 Å². The van der Waals surface area contributed by atoms with Gasteiger partial charge < -0.3 is 36.6 Å². The van der Waals surface area contributed by atoms with Crippen LogP contribution in [0.4, 0.5) is 22.4 Å². The van der Waals surface area contributed by atoms with Gasteiger partial charge in [-0.2, -0.15) is 10.2 Å². The van der Waals surface area contributed by atoms with E-state index in [1.54, 1.807) is 37.8 Å². The molecule has 368 valence electrons. The highest BCUT2D eigenvalue weighted by Crippen LogP contribution is 2.55. The van der Waals surface area contributed by atoms with Gasteiger partial charge in [0.2, 0.25) is 0 Å². The first-order valence-electron chi connectivity index (χ1n) is 23.6. The third-order valence-corrected chi connectivity index (χ3v) is 13.1. The lowest BCUT2D eigenvalue weighted by atomic mass is 9.98. The molecule has 16 heteroatoms. The van der Waals surface area contributed by atoms with Crippen LogP contribution in [0.5, 0.6) is 0 Å². The molecule has 0 bridgehead atoms. The number of ether oxygens (including phenoxy) is 1. The van der Waals surface area contributed by atoms with E-state index in [-0.39, 0.29) is 30.5 Å². The van der Waals surface area contributed by atoms with Crippen molar-refractivity contribution in [3.8, 4) is 11.4 Å². The number of aromatic nitrogens is 4. The summed E-state index contributed by atoms with van der Waals surface area (Å²) >= 11 is 0. The number of hydrogen-bond acceptors (Lipinski definition) is 9. The number of nitrogens with one attached hydrogen (secondary N) is 3.